The fourth-order valence-electron chi connectivity index (χ4n) is 2.48. The number of nitro groups is 1. The normalized spacial score (nSPS) is 14.9. The predicted molar refractivity (Wildman–Crippen MR) is 81.8 cm³/mol. The van der Waals surface area contributed by atoms with Crippen LogP contribution in [0, 0.1) is 10.1 Å². The number of hydrogen-bond donors (Lipinski definition) is 1. The molecule has 1 aliphatic heterocycles. The Morgan fingerprint density at radius 3 is 2.45 bits per heavy atom. The Hall–Kier alpha value is -2.97. The summed E-state index contributed by atoms with van der Waals surface area (Å²) in [6.07, 6.45) is 3.00. The van der Waals surface area contributed by atoms with Crippen molar-refractivity contribution in [1.29, 1.82) is 0 Å². The molecule has 0 saturated carbocycles. The Balaban J connectivity index is 1.77. The van der Waals surface area contributed by atoms with Crippen LogP contribution in [0.3, 0.4) is 0 Å². The number of anilines is 3. The minimum absolute atomic E-state index is 0.109. The van der Waals surface area contributed by atoms with Crippen LogP contribution in [0.15, 0.2) is 30.7 Å². The lowest BCUT2D eigenvalue weighted by Crippen LogP contribution is -2.47. The highest BCUT2D eigenvalue weighted by Gasteiger charge is 2.28. The highest BCUT2D eigenvalue weighted by molar-refractivity contribution is 5.68. The zero-order valence-electron chi connectivity index (χ0n) is 11.8. The summed E-state index contributed by atoms with van der Waals surface area (Å²) >= 11 is 0. The van der Waals surface area contributed by atoms with Crippen molar-refractivity contribution < 1.29 is 4.92 Å². The van der Waals surface area contributed by atoms with Crippen LogP contribution < -0.4 is 15.5 Å². The highest BCUT2D eigenvalue weighted by atomic mass is 16.6. The molecule has 9 nitrogen and oxygen atoms in total. The smallest absolute Gasteiger partial charge is 0.353 e. The van der Waals surface area contributed by atoms with Gasteiger partial charge >= 0.3 is 5.69 Å². The monoisotopic (exact) mass is 301 g/mol. The summed E-state index contributed by atoms with van der Waals surface area (Å²) in [5.74, 6) is 1.07. The first-order valence-electron chi connectivity index (χ1n) is 6.82. The van der Waals surface area contributed by atoms with Crippen LogP contribution in [-0.4, -0.2) is 46.1 Å². The fourth-order valence-corrected chi connectivity index (χ4v) is 2.48. The third-order valence-electron chi connectivity index (χ3n) is 3.57. The van der Waals surface area contributed by atoms with Crippen molar-refractivity contribution in [1.82, 2.24) is 15.0 Å². The summed E-state index contributed by atoms with van der Waals surface area (Å²) in [6, 6.07) is 5.75. The van der Waals surface area contributed by atoms with Crippen molar-refractivity contribution in [2.45, 2.75) is 0 Å². The lowest BCUT2D eigenvalue weighted by molar-refractivity contribution is -0.383. The second kappa shape index (κ2) is 5.80. The molecule has 114 valence electrons. The number of aromatic nitrogens is 3. The average Bonchev–Trinajstić information content (AvgIpc) is 2.55. The Morgan fingerprint density at radius 2 is 1.82 bits per heavy atom. The first-order chi connectivity index (χ1) is 10.7. The molecule has 1 fully saturated rings. The van der Waals surface area contributed by atoms with Gasteiger partial charge in [0, 0.05) is 32.4 Å². The van der Waals surface area contributed by atoms with Gasteiger partial charge in [-0.1, -0.05) is 6.07 Å². The second-order valence-corrected chi connectivity index (χ2v) is 4.85. The lowest BCUT2D eigenvalue weighted by Gasteiger charge is -2.35. The van der Waals surface area contributed by atoms with Crippen LogP contribution in [-0.2, 0) is 0 Å². The SMILES string of the molecule is Nc1ncnc(N2CCN(c3ccccn3)CC2)c1[N+](=O)[O-]. The standard InChI is InChI=1S/C13H15N7O2/c14-12-11(20(21)22)13(17-9-16-12)19-7-5-18(6-8-19)10-3-1-2-4-15-10/h1-4,9H,5-8H2,(H2,14,16,17). The van der Waals surface area contributed by atoms with E-state index in [0.29, 0.717) is 26.2 Å². The van der Waals surface area contributed by atoms with Crippen molar-refractivity contribution >= 4 is 23.1 Å². The predicted octanol–water partition coefficient (Wildman–Crippen LogP) is 0.689. The molecule has 0 amide bonds. The van der Waals surface area contributed by atoms with Gasteiger partial charge in [0.25, 0.3) is 0 Å². The molecule has 0 atom stereocenters. The molecule has 1 saturated heterocycles. The highest BCUT2D eigenvalue weighted by Crippen LogP contribution is 2.30. The van der Waals surface area contributed by atoms with Crippen LogP contribution in [0.4, 0.5) is 23.1 Å². The first kappa shape index (κ1) is 14.0. The topological polar surface area (TPSA) is 114 Å². The second-order valence-electron chi connectivity index (χ2n) is 4.85. The van der Waals surface area contributed by atoms with E-state index >= 15 is 0 Å². The molecule has 2 aromatic heterocycles. The molecule has 0 spiro atoms. The van der Waals surface area contributed by atoms with Crippen molar-refractivity contribution in [3.8, 4) is 0 Å². The number of piperazine rings is 1. The molecule has 22 heavy (non-hydrogen) atoms. The third-order valence-corrected chi connectivity index (χ3v) is 3.57. The van der Waals surface area contributed by atoms with E-state index in [9.17, 15) is 10.1 Å². The zero-order valence-corrected chi connectivity index (χ0v) is 11.8. The molecule has 2 aromatic rings. The first-order valence-corrected chi connectivity index (χ1v) is 6.82. The Morgan fingerprint density at radius 1 is 1.09 bits per heavy atom. The van der Waals surface area contributed by atoms with Crippen LogP contribution in [0.5, 0.6) is 0 Å². The van der Waals surface area contributed by atoms with Crippen molar-refractivity contribution in [2.75, 3.05) is 41.7 Å². The van der Waals surface area contributed by atoms with Gasteiger partial charge in [-0.25, -0.2) is 15.0 Å². The van der Waals surface area contributed by atoms with E-state index in [-0.39, 0.29) is 17.3 Å². The molecule has 0 radical (unpaired) electrons. The van der Waals surface area contributed by atoms with Gasteiger partial charge in [-0.15, -0.1) is 0 Å². The van der Waals surface area contributed by atoms with E-state index in [4.69, 9.17) is 5.73 Å². The van der Waals surface area contributed by atoms with Crippen LogP contribution in [0.1, 0.15) is 0 Å². The van der Waals surface area contributed by atoms with Gasteiger partial charge < -0.3 is 15.5 Å². The largest absolute Gasteiger partial charge is 0.378 e. The zero-order chi connectivity index (χ0) is 15.5. The number of nitrogen functional groups attached to an aromatic ring is 1. The maximum atomic E-state index is 11.2. The van der Waals surface area contributed by atoms with E-state index in [2.05, 4.69) is 19.9 Å². The molecule has 0 aliphatic carbocycles. The van der Waals surface area contributed by atoms with Crippen LogP contribution in [0.25, 0.3) is 0 Å². The minimum atomic E-state index is -0.532. The van der Waals surface area contributed by atoms with Gasteiger partial charge in [-0.3, -0.25) is 10.1 Å². The molecule has 9 heteroatoms. The van der Waals surface area contributed by atoms with Gasteiger partial charge in [0.1, 0.15) is 12.1 Å². The number of rotatable bonds is 3. The van der Waals surface area contributed by atoms with Crippen molar-refractivity contribution in [3.05, 3.63) is 40.8 Å². The van der Waals surface area contributed by atoms with E-state index in [1.54, 1.807) is 6.20 Å². The maximum Gasteiger partial charge on any atom is 0.353 e. The van der Waals surface area contributed by atoms with Gasteiger partial charge in [-0.05, 0) is 12.1 Å². The van der Waals surface area contributed by atoms with E-state index in [1.807, 2.05) is 23.1 Å². The van der Waals surface area contributed by atoms with Crippen LogP contribution in [0.2, 0.25) is 0 Å². The van der Waals surface area contributed by atoms with Gasteiger partial charge in [0.2, 0.25) is 11.6 Å². The summed E-state index contributed by atoms with van der Waals surface area (Å²) in [4.78, 5) is 26.7. The van der Waals surface area contributed by atoms with Gasteiger partial charge in [0.15, 0.2) is 0 Å². The van der Waals surface area contributed by atoms with E-state index in [1.165, 1.54) is 6.33 Å². The molecule has 1 aliphatic rings. The van der Waals surface area contributed by atoms with Gasteiger partial charge in [-0.2, -0.15) is 0 Å². The molecule has 3 heterocycles. The third kappa shape index (κ3) is 2.60. The fraction of sp³-hybridized carbons (Fsp3) is 0.308. The summed E-state index contributed by atoms with van der Waals surface area (Å²) in [5, 5.41) is 11.2. The quantitative estimate of drug-likeness (QED) is 0.650. The number of nitrogens with two attached hydrogens (primary N) is 1. The Labute approximate surface area is 126 Å². The summed E-state index contributed by atoms with van der Waals surface area (Å²) < 4.78 is 0. The van der Waals surface area contributed by atoms with Gasteiger partial charge in [0.05, 0.1) is 4.92 Å². The lowest BCUT2D eigenvalue weighted by atomic mass is 10.3. The molecule has 0 aromatic carbocycles. The number of pyridine rings is 1. The van der Waals surface area contributed by atoms with Crippen molar-refractivity contribution in [3.63, 3.8) is 0 Å². The molecule has 3 rings (SSSR count). The summed E-state index contributed by atoms with van der Waals surface area (Å²) in [5.41, 5.74) is 5.38. The minimum Gasteiger partial charge on any atom is -0.378 e. The summed E-state index contributed by atoms with van der Waals surface area (Å²) in [6.45, 7) is 2.62. The van der Waals surface area contributed by atoms with Crippen LogP contribution >= 0.6 is 0 Å². The molecule has 0 unspecified atom stereocenters. The Kier molecular flexibility index (Phi) is 3.69. The molecule has 2 N–H and O–H groups in total. The maximum absolute atomic E-state index is 11.2. The molecule has 0 bridgehead atoms. The van der Waals surface area contributed by atoms with Crippen molar-refractivity contribution in [2.24, 2.45) is 0 Å². The average molecular weight is 301 g/mol. The summed E-state index contributed by atoms with van der Waals surface area (Å²) in [7, 11) is 0. The Bertz CT molecular complexity index is 671. The van der Waals surface area contributed by atoms with E-state index in [0.717, 1.165) is 5.82 Å². The number of nitrogens with zero attached hydrogens (tertiary/aromatic N) is 6. The molecular weight excluding hydrogens is 286 g/mol. The van der Waals surface area contributed by atoms with E-state index < -0.39 is 4.92 Å². The number of hydrogen-bond acceptors (Lipinski definition) is 8. The molecular formula is C13H15N7O2.